The molecule has 0 radical (unpaired) electrons. The van der Waals surface area contributed by atoms with Crippen LogP contribution in [-0.2, 0) is 14.4 Å². The van der Waals surface area contributed by atoms with Crippen molar-refractivity contribution in [2.24, 2.45) is 5.73 Å². The van der Waals surface area contributed by atoms with Gasteiger partial charge in [-0.3, -0.25) is 14.5 Å². The lowest BCUT2D eigenvalue weighted by Gasteiger charge is -2.49. The largest absolute Gasteiger partial charge is 0.508 e. The van der Waals surface area contributed by atoms with Crippen molar-refractivity contribution < 1.29 is 24.6 Å². The van der Waals surface area contributed by atoms with E-state index in [-0.39, 0.29) is 11.4 Å². The molecule has 0 bridgehead atoms. The Kier molecular flexibility index (Phi) is 6.42. The lowest BCUT2D eigenvalue weighted by atomic mass is 10.0. The Bertz CT molecular complexity index is 1100. The topological polar surface area (TPSA) is 159 Å². The number of carboxylic acids is 1. The minimum atomic E-state index is -1.18. The van der Waals surface area contributed by atoms with E-state index in [4.69, 9.17) is 5.73 Å². The molecule has 10 nitrogen and oxygen atoms in total. The molecule has 5 N–H and O–H groups in total. The minimum absolute atomic E-state index is 0.0409. The van der Waals surface area contributed by atoms with Crippen LogP contribution in [-0.4, -0.2) is 66.0 Å². The number of β-lactam (4-membered cyclic amide) rings is 1. The highest BCUT2D eigenvalue weighted by molar-refractivity contribution is 8.01. The molecule has 2 aromatic rings. The average Bonchev–Trinajstić information content (AvgIpc) is 3.20. The second kappa shape index (κ2) is 9.10. The summed E-state index contributed by atoms with van der Waals surface area (Å²) in [6, 6.07) is 4.01. The van der Waals surface area contributed by atoms with Gasteiger partial charge in [-0.2, -0.15) is 0 Å². The summed E-state index contributed by atoms with van der Waals surface area (Å²) in [4.78, 5) is 38.5. The van der Waals surface area contributed by atoms with Gasteiger partial charge in [-0.05, 0) is 30.2 Å². The Labute approximate surface area is 195 Å². The Morgan fingerprint density at radius 2 is 2.06 bits per heavy atom. The highest BCUT2D eigenvalue weighted by Crippen LogP contribution is 2.42. The molecule has 1 saturated heterocycles. The molecule has 2 amide bonds. The van der Waals surface area contributed by atoms with Crippen LogP contribution >= 0.6 is 34.9 Å². The highest BCUT2D eigenvalue weighted by Gasteiger charge is 2.54. The molecule has 32 heavy (non-hydrogen) atoms. The van der Waals surface area contributed by atoms with Crippen LogP contribution in [0.1, 0.15) is 16.6 Å². The number of aryl methyl sites for hydroxylation is 1. The second-order valence-electron chi connectivity index (χ2n) is 7.10. The number of amides is 2. The van der Waals surface area contributed by atoms with E-state index >= 15 is 0 Å². The summed E-state index contributed by atoms with van der Waals surface area (Å²) < 4.78 is 0.732. The lowest BCUT2D eigenvalue weighted by Crippen LogP contribution is -2.71. The monoisotopic (exact) mass is 493 g/mol. The van der Waals surface area contributed by atoms with Gasteiger partial charge >= 0.3 is 5.97 Å². The molecular formula is C19H19N5O5S3. The zero-order valence-electron chi connectivity index (χ0n) is 16.7. The number of nitrogens with one attached hydrogen (secondary N) is 1. The van der Waals surface area contributed by atoms with Crippen LogP contribution in [0.2, 0.25) is 0 Å². The first-order valence-electron chi connectivity index (χ1n) is 9.44. The number of aromatic hydroxyl groups is 1. The number of benzene rings is 1. The van der Waals surface area contributed by atoms with Gasteiger partial charge < -0.3 is 21.3 Å². The van der Waals surface area contributed by atoms with Crippen molar-refractivity contribution in [3.8, 4) is 5.75 Å². The summed E-state index contributed by atoms with van der Waals surface area (Å²) in [5.41, 5.74) is 7.05. The molecule has 1 unspecified atom stereocenters. The first kappa shape index (κ1) is 22.6. The van der Waals surface area contributed by atoms with Gasteiger partial charge in [-0.15, -0.1) is 22.0 Å². The van der Waals surface area contributed by atoms with Crippen LogP contribution in [0.15, 0.2) is 39.9 Å². The van der Waals surface area contributed by atoms with Crippen LogP contribution in [0.25, 0.3) is 0 Å². The Morgan fingerprint density at radius 1 is 1.34 bits per heavy atom. The van der Waals surface area contributed by atoms with Crippen LogP contribution < -0.4 is 11.1 Å². The van der Waals surface area contributed by atoms with Crippen LogP contribution in [0.5, 0.6) is 5.75 Å². The zero-order chi connectivity index (χ0) is 23.0. The third-order valence-electron chi connectivity index (χ3n) is 4.96. The van der Waals surface area contributed by atoms with Gasteiger partial charge in [0.25, 0.3) is 5.91 Å². The van der Waals surface area contributed by atoms with E-state index < -0.39 is 35.2 Å². The van der Waals surface area contributed by atoms with Gasteiger partial charge in [0.15, 0.2) is 4.34 Å². The number of hydrogen-bond donors (Lipinski definition) is 4. The molecule has 1 aromatic carbocycles. The van der Waals surface area contributed by atoms with Crippen molar-refractivity contribution >= 4 is 52.6 Å². The fourth-order valence-electron chi connectivity index (χ4n) is 3.36. The van der Waals surface area contributed by atoms with Gasteiger partial charge in [0.2, 0.25) is 5.91 Å². The van der Waals surface area contributed by atoms with Crippen LogP contribution in [0.3, 0.4) is 0 Å². The summed E-state index contributed by atoms with van der Waals surface area (Å²) in [5.74, 6) is -1.38. The van der Waals surface area contributed by atoms with E-state index in [1.54, 1.807) is 0 Å². The first-order valence-corrected chi connectivity index (χ1v) is 12.3. The van der Waals surface area contributed by atoms with Crippen molar-refractivity contribution in [3.05, 3.63) is 46.1 Å². The summed E-state index contributed by atoms with van der Waals surface area (Å²) in [5, 5.41) is 30.0. The standard InChI is InChI=1S/C19H19N5O5S3/c1-8-22-23-19(32-8)31-7-10-6-30-17-13(16(27)24(17)14(10)18(28)29)21-15(26)12(20)9-2-4-11(25)5-3-9/h2-5,12-13,17,25H,6-7,20H2,1H3,(H,21,26)(H,28,29)/t12?,13-,17+/m1/s1. The van der Waals surface area contributed by atoms with Crippen LogP contribution in [0.4, 0.5) is 0 Å². The molecule has 0 saturated carbocycles. The summed E-state index contributed by atoms with van der Waals surface area (Å²) >= 11 is 4.20. The van der Waals surface area contributed by atoms with E-state index in [2.05, 4.69) is 15.5 Å². The number of aromatic nitrogens is 2. The number of hydrogen-bond acceptors (Lipinski definition) is 10. The molecular weight excluding hydrogens is 474 g/mol. The number of carbonyl (C=O) groups is 3. The number of carbonyl (C=O) groups excluding carboxylic acids is 2. The molecule has 1 aromatic heterocycles. The second-order valence-corrected chi connectivity index (χ2v) is 10.6. The van der Waals surface area contributed by atoms with Gasteiger partial charge in [-0.1, -0.05) is 35.2 Å². The SMILES string of the molecule is Cc1nnc(SCC2=C(C(=O)O)N3C(=O)[C@@H](NC(=O)C(N)c4ccc(O)cc4)[C@@H]3SC2)s1. The number of rotatable bonds is 7. The predicted octanol–water partition coefficient (Wildman–Crippen LogP) is 1.08. The minimum Gasteiger partial charge on any atom is -0.508 e. The Hall–Kier alpha value is -2.61. The van der Waals surface area contributed by atoms with Crippen molar-refractivity contribution in [2.45, 2.75) is 28.7 Å². The number of aliphatic carboxylic acids is 1. The fourth-order valence-corrected chi connectivity index (χ4v) is 6.66. The Balaban J connectivity index is 1.45. The predicted molar refractivity (Wildman–Crippen MR) is 120 cm³/mol. The molecule has 0 aliphatic carbocycles. The molecule has 168 valence electrons. The summed E-state index contributed by atoms with van der Waals surface area (Å²) in [6.07, 6.45) is 0. The highest BCUT2D eigenvalue weighted by atomic mass is 32.2. The Morgan fingerprint density at radius 3 is 2.69 bits per heavy atom. The van der Waals surface area contributed by atoms with E-state index in [0.717, 1.165) is 9.35 Å². The number of carboxylic acid groups (broad SMARTS) is 1. The smallest absolute Gasteiger partial charge is 0.352 e. The van der Waals surface area contributed by atoms with Gasteiger partial charge in [-0.25, -0.2) is 4.79 Å². The van der Waals surface area contributed by atoms with E-state index in [9.17, 15) is 24.6 Å². The molecule has 4 rings (SSSR count). The van der Waals surface area contributed by atoms with Crippen molar-refractivity contribution in [1.29, 1.82) is 0 Å². The third kappa shape index (κ3) is 4.33. The normalized spacial score (nSPS) is 21.1. The molecule has 13 heteroatoms. The van der Waals surface area contributed by atoms with Gasteiger partial charge in [0.05, 0.1) is 0 Å². The maximum absolute atomic E-state index is 12.8. The third-order valence-corrected chi connectivity index (χ3v) is 8.36. The van der Waals surface area contributed by atoms with Gasteiger partial charge in [0, 0.05) is 11.5 Å². The number of phenolic OH excluding ortho intramolecular Hbond substituents is 1. The summed E-state index contributed by atoms with van der Waals surface area (Å²) in [7, 11) is 0. The zero-order valence-corrected chi connectivity index (χ0v) is 19.2. The van der Waals surface area contributed by atoms with Crippen molar-refractivity contribution in [3.63, 3.8) is 0 Å². The quantitative estimate of drug-likeness (QED) is 0.325. The average molecular weight is 494 g/mol. The van der Waals surface area contributed by atoms with Crippen molar-refractivity contribution in [1.82, 2.24) is 20.4 Å². The lowest BCUT2D eigenvalue weighted by molar-refractivity contribution is -0.150. The summed E-state index contributed by atoms with van der Waals surface area (Å²) in [6.45, 7) is 1.84. The first-order chi connectivity index (χ1) is 15.3. The molecule has 1 fully saturated rings. The fraction of sp³-hybridized carbons (Fsp3) is 0.316. The number of thioether (sulfide) groups is 2. The van der Waals surface area contributed by atoms with E-state index in [1.807, 2.05) is 6.92 Å². The van der Waals surface area contributed by atoms with E-state index in [1.165, 1.54) is 64.0 Å². The molecule has 3 heterocycles. The van der Waals surface area contributed by atoms with Gasteiger partial charge in [0.1, 0.15) is 33.9 Å². The molecule has 3 atom stereocenters. The maximum atomic E-state index is 12.8. The number of phenols is 1. The number of nitrogens with two attached hydrogens (primary N) is 1. The molecule has 2 aliphatic heterocycles. The van der Waals surface area contributed by atoms with Crippen LogP contribution in [0, 0.1) is 6.92 Å². The number of nitrogens with zero attached hydrogens (tertiary/aromatic N) is 3. The number of fused-ring (bicyclic) bond motifs is 1. The molecule has 0 spiro atoms. The maximum Gasteiger partial charge on any atom is 0.352 e. The van der Waals surface area contributed by atoms with Crippen molar-refractivity contribution in [2.75, 3.05) is 11.5 Å². The molecule has 2 aliphatic rings. The van der Waals surface area contributed by atoms with E-state index in [0.29, 0.717) is 22.6 Å².